The topological polar surface area (TPSA) is 26.3 Å². The third kappa shape index (κ3) is 29.9. The summed E-state index contributed by atoms with van der Waals surface area (Å²) in [4.78, 5) is 12.3. The molecule has 0 N–H and O–H groups in total. The molecule has 0 saturated heterocycles. The Morgan fingerprint density at radius 2 is 0.703 bits per heavy atom. The van der Waals surface area contributed by atoms with Crippen LogP contribution >= 0.6 is 0 Å². The first-order chi connectivity index (χ1) is 18.0. The number of hydrogen-bond donors (Lipinski definition) is 0. The van der Waals surface area contributed by atoms with Gasteiger partial charge >= 0.3 is 5.97 Å². The highest BCUT2D eigenvalue weighted by Gasteiger charge is 2.21. The van der Waals surface area contributed by atoms with Gasteiger partial charge in [-0.2, -0.15) is 0 Å². The van der Waals surface area contributed by atoms with Gasteiger partial charge in [0.2, 0.25) is 0 Å². The highest BCUT2D eigenvalue weighted by molar-refractivity contribution is 5.69. The van der Waals surface area contributed by atoms with Crippen LogP contribution in [0.5, 0.6) is 0 Å². The van der Waals surface area contributed by atoms with Gasteiger partial charge in [0.1, 0.15) is 5.60 Å². The van der Waals surface area contributed by atoms with Gasteiger partial charge in [0.05, 0.1) is 0 Å². The van der Waals surface area contributed by atoms with Crippen molar-refractivity contribution in [3.8, 4) is 0 Å². The predicted molar refractivity (Wildman–Crippen MR) is 165 cm³/mol. The Bertz CT molecular complexity index is 456. The van der Waals surface area contributed by atoms with Gasteiger partial charge in [0.15, 0.2) is 0 Å². The number of carbonyl (C=O) groups excluding carboxylic acids is 1. The van der Waals surface area contributed by atoms with Crippen molar-refractivity contribution in [2.24, 2.45) is 0 Å². The molecule has 0 aliphatic heterocycles. The molecule has 0 rings (SSSR count). The van der Waals surface area contributed by atoms with E-state index in [0.717, 1.165) is 12.8 Å². The van der Waals surface area contributed by atoms with Gasteiger partial charge in [-0.1, -0.05) is 174 Å². The van der Waals surface area contributed by atoms with Gasteiger partial charge in [-0.05, 0) is 33.1 Å². The summed E-state index contributed by atoms with van der Waals surface area (Å²) in [7, 11) is 0. The maximum absolute atomic E-state index is 12.3. The molecular weight excluding hydrogens is 452 g/mol. The summed E-state index contributed by atoms with van der Waals surface area (Å²) < 4.78 is 5.82. The average Bonchev–Trinajstić information content (AvgIpc) is 2.86. The van der Waals surface area contributed by atoms with E-state index in [1.165, 1.54) is 167 Å². The minimum absolute atomic E-state index is 0.0115. The van der Waals surface area contributed by atoms with E-state index in [1.807, 2.05) is 0 Å². The molecule has 2 nitrogen and oxygen atoms in total. The molecule has 0 amide bonds. The Kier molecular flexibility index (Phi) is 28.1. The quantitative estimate of drug-likeness (QED) is 0.0692. The van der Waals surface area contributed by atoms with Crippen LogP contribution in [0.4, 0.5) is 0 Å². The van der Waals surface area contributed by atoms with E-state index in [1.54, 1.807) is 0 Å². The molecule has 0 radical (unpaired) electrons. The van der Waals surface area contributed by atoms with Gasteiger partial charge in [0.25, 0.3) is 0 Å². The summed E-state index contributed by atoms with van der Waals surface area (Å²) >= 11 is 0. The molecule has 0 heterocycles. The molecule has 222 valence electrons. The standard InChI is InChI=1S/C35H70O2/c1-5-7-9-11-13-15-17-18-19-20-21-23-25-27-29-31-33-35(3,4)37-34(36)32-30-28-26-24-22-16-14-12-10-8-6-2/h5-33H2,1-4H3. The van der Waals surface area contributed by atoms with Crippen LogP contribution in [0.25, 0.3) is 0 Å². The van der Waals surface area contributed by atoms with Crippen LogP contribution in [0.3, 0.4) is 0 Å². The van der Waals surface area contributed by atoms with E-state index in [9.17, 15) is 4.79 Å². The zero-order valence-electron chi connectivity index (χ0n) is 26.3. The molecule has 0 aromatic rings. The van der Waals surface area contributed by atoms with E-state index in [2.05, 4.69) is 27.7 Å². The van der Waals surface area contributed by atoms with Crippen molar-refractivity contribution in [3.63, 3.8) is 0 Å². The Hall–Kier alpha value is -0.530. The van der Waals surface area contributed by atoms with Gasteiger partial charge in [-0.3, -0.25) is 4.79 Å². The van der Waals surface area contributed by atoms with Crippen LogP contribution in [0.2, 0.25) is 0 Å². The summed E-state index contributed by atoms with van der Waals surface area (Å²) in [6.45, 7) is 8.76. The van der Waals surface area contributed by atoms with Crippen LogP contribution in [-0.4, -0.2) is 11.6 Å². The number of ether oxygens (including phenoxy) is 1. The Balaban J connectivity index is 3.41. The molecular formula is C35H70O2. The number of esters is 1. The first-order valence-electron chi connectivity index (χ1n) is 17.2. The van der Waals surface area contributed by atoms with Crippen molar-refractivity contribution < 1.29 is 9.53 Å². The molecule has 0 spiro atoms. The van der Waals surface area contributed by atoms with Crippen molar-refractivity contribution in [2.75, 3.05) is 0 Å². The average molecular weight is 523 g/mol. The number of hydrogen-bond acceptors (Lipinski definition) is 2. The summed E-state index contributed by atoms with van der Waals surface area (Å²) in [6, 6.07) is 0. The third-order valence-corrected chi connectivity index (χ3v) is 8.01. The lowest BCUT2D eigenvalue weighted by atomic mass is 9.98. The normalized spacial score (nSPS) is 11.8. The molecule has 0 fully saturated rings. The molecule has 0 aromatic heterocycles. The highest BCUT2D eigenvalue weighted by Crippen LogP contribution is 2.21. The minimum atomic E-state index is -0.301. The summed E-state index contributed by atoms with van der Waals surface area (Å²) in [5.74, 6) is 0.0115. The van der Waals surface area contributed by atoms with Gasteiger partial charge < -0.3 is 4.74 Å². The zero-order chi connectivity index (χ0) is 27.3. The zero-order valence-corrected chi connectivity index (χ0v) is 26.3. The van der Waals surface area contributed by atoms with Crippen LogP contribution in [-0.2, 0) is 9.53 Å². The van der Waals surface area contributed by atoms with E-state index >= 15 is 0 Å². The fraction of sp³-hybridized carbons (Fsp3) is 0.971. The van der Waals surface area contributed by atoms with Crippen LogP contribution in [0.1, 0.15) is 214 Å². The lowest BCUT2D eigenvalue weighted by Gasteiger charge is -2.25. The van der Waals surface area contributed by atoms with E-state index < -0.39 is 0 Å². The lowest BCUT2D eigenvalue weighted by molar-refractivity contribution is -0.157. The molecule has 0 aromatic carbocycles. The summed E-state index contributed by atoms with van der Waals surface area (Å²) in [5, 5.41) is 0. The molecule has 0 unspecified atom stereocenters. The van der Waals surface area contributed by atoms with Crippen molar-refractivity contribution in [1.29, 1.82) is 0 Å². The Labute approximate surface area is 234 Å². The Morgan fingerprint density at radius 3 is 1.03 bits per heavy atom. The molecule has 0 aliphatic rings. The third-order valence-electron chi connectivity index (χ3n) is 8.01. The minimum Gasteiger partial charge on any atom is -0.460 e. The second-order valence-electron chi connectivity index (χ2n) is 12.6. The largest absolute Gasteiger partial charge is 0.460 e. The fourth-order valence-corrected chi connectivity index (χ4v) is 5.44. The first-order valence-corrected chi connectivity index (χ1v) is 17.2. The summed E-state index contributed by atoms with van der Waals surface area (Å²) in [6.07, 6.45) is 38.4. The molecule has 2 heteroatoms. The van der Waals surface area contributed by atoms with Gasteiger partial charge in [-0.15, -0.1) is 0 Å². The van der Waals surface area contributed by atoms with E-state index in [0.29, 0.717) is 6.42 Å². The van der Waals surface area contributed by atoms with Crippen LogP contribution < -0.4 is 0 Å². The number of carbonyl (C=O) groups is 1. The number of unbranched alkanes of at least 4 members (excludes halogenated alkanes) is 25. The first kappa shape index (κ1) is 36.5. The molecule has 0 atom stereocenters. The monoisotopic (exact) mass is 523 g/mol. The van der Waals surface area contributed by atoms with Crippen molar-refractivity contribution in [2.45, 2.75) is 219 Å². The van der Waals surface area contributed by atoms with Crippen molar-refractivity contribution in [1.82, 2.24) is 0 Å². The Morgan fingerprint density at radius 1 is 0.432 bits per heavy atom. The van der Waals surface area contributed by atoms with E-state index in [-0.39, 0.29) is 11.6 Å². The molecule has 0 bridgehead atoms. The maximum atomic E-state index is 12.3. The smallest absolute Gasteiger partial charge is 0.306 e. The van der Waals surface area contributed by atoms with Crippen molar-refractivity contribution >= 4 is 5.97 Å². The van der Waals surface area contributed by atoms with Crippen LogP contribution in [0.15, 0.2) is 0 Å². The fourth-order valence-electron chi connectivity index (χ4n) is 5.44. The predicted octanol–water partition coefficient (Wildman–Crippen LogP) is 12.7. The van der Waals surface area contributed by atoms with Crippen LogP contribution in [0, 0.1) is 0 Å². The summed E-state index contributed by atoms with van der Waals surface area (Å²) in [5.41, 5.74) is -0.301. The lowest BCUT2D eigenvalue weighted by Crippen LogP contribution is -2.27. The SMILES string of the molecule is CCCCCCCCCCCCCCCCCCC(C)(C)OC(=O)CCCCCCCCCCCCC. The van der Waals surface area contributed by atoms with Gasteiger partial charge in [-0.25, -0.2) is 0 Å². The highest BCUT2D eigenvalue weighted by atomic mass is 16.6. The molecule has 37 heavy (non-hydrogen) atoms. The maximum Gasteiger partial charge on any atom is 0.306 e. The number of rotatable bonds is 30. The van der Waals surface area contributed by atoms with Gasteiger partial charge in [0, 0.05) is 6.42 Å². The second kappa shape index (κ2) is 28.5. The van der Waals surface area contributed by atoms with Crippen molar-refractivity contribution in [3.05, 3.63) is 0 Å². The molecule has 0 saturated carbocycles. The van der Waals surface area contributed by atoms with E-state index in [4.69, 9.17) is 4.74 Å². The second-order valence-corrected chi connectivity index (χ2v) is 12.6. The molecule has 0 aliphatic carbocycles.